The number of piperazine rings is 1. The molecule has 1 aliphatic rings. The average molecular weight is 201 g/mol. The molecule has 1 amide bonds. The van der Waals surface area contributed by atoms with Crippen LogP contribution in [0.1, 0.15) is 13.3 Å². The zero-order valence-corrected chi connectivity index (χ0v) is 8.74. The van der Waals surface area contributed by atoms with Gasteiger partial charge >= 0.3 is 0 Å². The Labute approximate surface area is 84.7 Å². The average Bonchev–Trinajstić information content (AvgIpc) is 2.19. The van der Waals surface area contributed by atoms with Gasteiger partial charge in [0.25, 0.3) is 0 Å². The molecular weight excluding hydrogens is 182 g/mol. The summed E-state index contributed by atoms with van der Waals surface area (Å²) in [6, 6.07) is 0. The van der Waals surface area contributed by atoms with Gasteiger partial charge in [-0.1, -0.05) is 0 Å². The van der Waals surface area contributed by atoms with Crippen molar-refractivity contribution in [3.63, 3.8) is 0 Å². The molecule has 0 aromatic carbocycles. The van der Waals surface area contributed by atoms with Crippen molar-refractivity contribution in [1.82, 2.24) is 9.80 Å². The van der Waals surface area contributed by atoms with E-state index < -0.39 is 0 Å². The highest BCUT2D eigenvalue weighted by Crippen LogP contribution is 2.02. The van der Waals surface area contributed by atoms with E-state index in [1.165, 1.54) is 0 Å². The Hall–Kier alpha value is -0.650. The van der Waals surface area contributed by atoms with Crippen molar-refractivity contribution in [2.75, 3.05) is 39.3 Å². The Balaban J connectivity index is 2.12. The van der Waals surface area contributed by atoms with E-state index in [-0.39, 0.29) is 5.91 Å². The Morgan fingerprint density at radius 2 is 2.00 bits per heavy atom. The molecule has 1 saturated heterocycles. The van der Waals surface area contributed by atoms with Crippen molar-refractivity contribution in [2.24, 2.45) is 5.90 Å². The van der Waals surface area contributed by atoms with Crippen molar-refractivity contribution < 1.29 is 9.63 Å². The fraction of sp³-hybridized carbons (Fsp3) is 0.889. The minimum atomic E-state index is 0.176. The maximum Gasteiger partial charge on any atom is 0.219 e. The van der Waals surface area contributed by atoms with Crippen LogP contribution in [0, 0.1) is 0 Å². The molecule has 14 heavy (non-hydrogen) atoms. The van der Waals surface area contributed by atoms with E-state index in [0.717, 1.165) is 39.1 Å². The number of nitrogens with zero attached hydrogens (tertiary/aromatic N) is 2. The molecule has 0 bridgehead atoms. The van der Waals surface area contributed by atoms with Crippen molar-refractivity contribution in [3.8, 4) is 0 Å². The van der Waals surface area contributed by atoms with Crippen LogP contribution in [0.4, 0.5) is 0 Å². The molecule has 5 heteroatoms. The molecule has 0 spiro atoms. The van der Waals surface area contributed by atoms with E-state index in [0.29, 0.717) is 6.61 Å². The molecule has 0 aromatic rings. The zero-order chi connectivity index (χ0) is 10.4. The van der Waals surface area contributed by atoms with Crippen LogP contribution >= 0.6 is 0 Å². The van der Waals surface area contributed by atoms with Crippen LogP contribution in [0.15, 0.2) is 0 Å². The van der Waals surface area contributed by atoms with Gasteiger partial charge in [0.2, 0.25) is 5.91 Å². The molecule has 0 saturated carbocycles. The first-order valence-electron chi connectivity index (χ1n) is 5.03. The summed E-state index contributed by atoms with van der Waals surface area (Å²) in [5, 5.41) is 0. The normalized spacial score (nSPS) is 18.6. The molecule has 1 fully saturated rings. The minimum absolute atomic E-state index is 0.176. The summed E-state index contributed by atoms with van der Waals surface area (Å²) in [7, 11) is 0. The van der Waals surface area contributed by atoms with Crippen LogP contribution in [-0.4, -0.2) is 55.0 Å². The number of amides is 1. The molecular formula is C9H19N3O2. The Bertz CT molecular complexity index is 179. The van der Waals surface area contributed by atoms with E-state index in [4.69, 9.17) is 5.90 Å². The molecule has 82 valence electrons. The third-order valence-corrected chi connectivity index (χ3v) is 2.55. The van der Waals surface area contributed by atoms with Crippen LogP contribution < -0.4 is 5.90 Å². The molecule has 1 rings (SSSR count). The fourth-order valence-electron chi connectivity index (χ4n) is 1.66. The monoisotopic (exact) mass is 201 g/mol. The van der Waals surface area contributed by atoms with E-state index in [1.807, 2.05) is 4.90 Å². The summed E-state index contributed by atoms with van der Waals surface area (Å²) in [5.41, 5.74) is 0. The molecule has 0 atom stereocenters. The van der Waals surface area contributed by atoms with Crippen LogP contribution in [0.5, 0.6) is 0 Å². The van der Waals surface area contributed by atoms with E-state index >= 15 is 0 Å². The van der Waals surface area contributed by atoms with Crippen molar-refractivity contribution >= 4 is 5.91 Å². The lowest BCUT2D eigenvalue weighted by Gasteiger charge is -2.34. The Morgan fingerprint density at radius 1 is 1.36 bits per heavy atom. The van der Waals surface area contributed by atoms with Crippen LogP contribution in [0.3, 0.4) is 0 Å². The summed E-state index contributed by atoms with van der Waals surface area (Å²) in [6.45, 7) is 6.85. The van der Waals surface area contributed by atoms with Gasteiger partial charge in [-0.3, -0.25) is 9.69 Å². The summed E-state index contributed by atoms with van der Waals surface area (Å²) in [4.78, 5) is 19.8. The lowest BCUT2D eigenvalue weighted by molar-refractivity contribution is -0.130. The summed E-state index contributed by atoms with van der Waals surface area (Å²) < 4.78 is 0. The maximum absolute atomic E-state index is 11.0. The maximum atomic E-state index is 11.0. The predicted octanol–water partition coefficient (Wildman–Crippen LogP) is -0.569. The van der Waals surface area contributed by atoms with Crippen molar-refractivity contribution in [2.45, 2.75) is 13.3 Å². The molecule has 2 N–H and O–H groups in total. The first-order chi connectivity index (χ1) is 6.74. The third kappa shape index (κ3) is 3.61. The van der Waals surface area contributed by atoms with Crippen molar-refractivity contribution in [1.29, 1.82) is 0 Å². The molecule has 0 radical (unpaired) electrons. The standard InChI is InChI=1S/C9H19N3O2/c1-9(13)12-6-4-11(5-7-12)3-2-8-14-10/h2-8,10H2,1H3. The van der Waals surface area contributed by atoms with Gasteiger partial charge in [-0.2, -0.15) is 0 Å². The van der Waals surface area contributed by atoms with E-state index in [9.17, 15) is 4.79 Å². The van der Waals surface area contributed by atoms with Crippen molar-refractivity contribution in [3.05, 3.63) is 0 Å². The second-order valence-corrected chi connectivity index (χ2v) is 3.57. The number of carbonyl (C=O) groups excluding carboxylic acids is 1. The van der Waals surface area contributed by atoms with Gasteiger partial charge in [0.1, 0.15) is 0 Å². The Morgan fingerprint density at radius 3 is 2.50 bits per heavy atom. The fourth-order valence-corrected chi connectivity index (χ4v) is 1.66. The molecule has 1 heterocycles. The highest BCUT2D eigenvalue weighted by Gasteiger charge is 2.17. The van der Waals surface area contributed by atoms with Gasteiger partial charge in [-0.15, -0.1) is 0 Å². The number of carbonyl (C=O) groups is 1. The highest BCUT2D eigenvalue weighted by molar-refractivity contribution is 5.73. The lowest BCUT2D eigenvalue weighted by Crippen LogP contribution is -2.48. The molecule has 0 unspecified atom stereocenters. The summed E-state index contributed by atoms with van der Waals surface area (Å²) in [5.74, 6) is 5.11. The van der Waals surface area contributed by atoms with Gasteiger partial charge in [0, 0.05) is 39.6 Å². The van der Waals surface area contributed by atoms with E-state index in [1.54, 1.807) is 6.92 Å². The highest BCUT2D eigenvalue weighted by atomic mass is 16.6. The number of hydrogen-bond acceptors (Lipinski definition) is 4. The number of hydrogen-bond donors (Lipinski definition) is 1. The van der Waals surface area contributed by atoms with Crippen LogP contribution in [-0.2, 0) is 9.63 Å². The lowest BCUT2D eigenvalue weighted by atomic mass is 10.3. The molecule has 0 aromatic heterocycles. The second kappa shape index (κ2) is 5.95. The van der Waals surface area contributed by atoms with Crippen LogP contribution in [0.2, 0.25) is 0 Å². The van der Waals surface area contributed by atoms with E-state index in [2.05, 4.69) is 9.74 Å². The van der Waals surface area contributed by atoms with Crippen LogP contribution in [0.25, 0.3) is 0 Å². The largest absolute Gasteiger partial charge is 0.340 e. The number of nitrogens with two attached hydrogens (primary N) is 1. The molecule has 1 aliphatic heterocycles. The smallest absolute Gasteiger partial charge is 0.219 e. The number of rotatable bonds is 4. The predicted molar refractivity (Wildman–Crippen MR) is 53.5 cm³/mol. The SMILES string of the molecule is CC(=O)N1CCN(CCCON)CC1. The molecule has 0 aliphatic carbocycles. The topological polar surface area (TPSA) is 58.8 Å². The summed E-state index contributed by atoms with van der Waals surface area (Å²) >= 11 is 0. The van der Waals surface area contributed by atoms with Gasteiger partial charge in [-0.05, 0) is 6.42 Å². The molecule has 5 nitrogen and oxygen atoms in total. The van der Waals surface area contributed by atoms with Gasteiger partial charge < -0.3 is 9.74 Å². The van der Waals surface area contributed by atoms with Gasteiger partial charge in [0.15, 0.2) is 0 Å². The zero-order valence-electron chi connectivity index (χ0n) is 8.74. The Kier molecular flexibility index (Phi) is 4.86. The first kappa shape index (κ1) is 11.4. The minimum Gasteiger partial charge on any atom is -0.340 e. The first-order valence-corrected chi connectivity index (χ1v) is 5.03. The van der Waals surface area contributed by atoms with Gasteiger partial charge in [-0.25, -0.2) is 5.90 Å². The third-order valence-electron chi connectivity index (χ3n) is 2.55. The quantitative estimate of drug-likeness (QED) is 0.489. The van der Waals surface area contributed by atoms with Gasteiger partial charge in [0.05, 0.1) is 6.61 Å². The second-order valence-electron chi connectivity index (χ2n) is 3.57. The summed E-state index contributed by atoms with van der Waals surface area (Å²) in [6.07, 6.45) is 0.955.